The van der Waals surface area contributed by atoms with Gasteiger partial charge in [0.15, 0.2) is 11.6 Å². The van der Waals surface area contributed by atoms with Gasteiger partial charge < -0.3 is 19.4 Å². The van der Waals surface area contributed by atoms with Crippen molar-refractivity contribution < 1.29 is 32.6 Å². The van der Waals surface area contributed by atoms with Gasteiger partial charge in [-0.05, 0) is 77.3 Å². The van der Waals surface area contributed by atoms with E-state index in [1.54, 1.807) is 53.7 Å². The second kappa shape index (κ2) is 10.7. The zero-order chi connectivity index (χ0) is 32.3. The van der Waals surface area contributed by atoms with Crippen LogP contribution in [0.4, 0.5) is 18.4 Å². The molecule has 0 bridgehead atoms. The number of carbonyl (C=O) groups excluding carboxylic acids is 3. The van der Waals surface area contributed by atoms with Gasteiger partial charge in [0.2, 0.25) is 0 Å². The highest BCUT2D eigenvalue weighted by atomic mass is 19.2. The highest BCUT2D eigenvalue weighted by Gasteiger charge is 2.37. The minimum absolute atomic E-state index is 0.0525. The van der Waals surface area contributed by atoms with Gasteiger partial charge in [-0.15, -0.1) is 0 Å². The smallest absolute Gasteiger partial charge is 0.435 e. The summed E-state index contributed by atoms with van der Waals surface area (Å²) in [5.74, 6) is -2.81. The standard InChI is InChI=1S/C31H33F2N5O6/c1-30(2,3)43-28(41)37-14-22-25(18-11-20(32)21(33)12-19(18)26(39)35-22)24(15-37)36(7)27(40)16-8-9-23-17(10-16)13-34-38(23)29(42)44-31(4,5)6/h8-13,24H,14-15H2,1-7H3,(H,35,39)/t24-/m0/s1. The van der Waals surface area contributed by atoms with E-state index in [-0.39, 0.29) is 35.1 Å². The summed E-state index contributed by atoms with van der Waals surface area (Å²) in [5, 5.41) is 4.66. The fourth-order valence-electron chi connectivity index (χ4n) is 5.20. The number of nitrogens with zero attached hydrogens (tertiary/aromatic N) is 4. The van der Waals surface area contributed by atoms with E-state index in [1.165, 1.54) is 29.1 Å². The van der Waals surface area contributed by atoms with Gasteiger partial charge in [0.05, 0.1) is 29.7 Å². The topological polar surface area (TPSA) is 127 Å². The molecule has 1 N–H and O–H groups in total. The summed E-state index contributed by atoms with van der Waals surface area (Å²) in [5.41, 5.74) is -0.892. The SMILES string of the molecule is CN(C(=O)c1ccc2c(cnn2C(=O)OC(C)(C)C)c1)[C@H]1CN(C(=O)OC(C)(C)C)Cc2[nH]c(=O)c3cc(F)c(F)cc3c21. The van der Waals surface area contributed by atoms with Crippen LogP contribution in [0.5, 0.6) is 0 Å². The third kappa shape index (κ3) is 5.86. The number of H-pyrrole nitrogens is 1. The van der Waals surface area contributed by atoms with Crippen molar-refractivity contribution in [3.63, 3.8) is 0 Å². The molecule has 0 saturated heterocycles. The molecule has 2 aromatic heterocycles. The van der Waals surface area contributed by atoms with Crippen LogP contribution < -0.4 is 5.56 Å². The van der Waals surface area contributed by atoms with E-state index in [9.17, 15) is 28.0 Å². The predicted octanol–water partition coefficient (Wildman–Crippen LogP) is 5.50. The molecule has 1 atom stereocenters. The second-order valence-corrected chi connectivity index (χ2v) is 12.8. The van der Waals surface area contributed by atoms with Crippen LogP contribution in [0, 0.1) is 11.6 Å². The average molecular weight is 610 g/mol. The number of aromatic nitrogens is 3. The summed E-state index contributed by atoms with van der Waals surface area (Å²) >= 11 is 0. The van der Waals surface area contributed by atoms with Gasteiger partial charge in [-0.1, -0.05) is 0 Å². The number of hydrogen-bond acceptors (Lipinski definition) is 7. The molecular weight excluding hydrogens is 576 g/mol. The molecule has 5 rings (SSSR count). The van der Waals surface area contributed by atoms with Crippen LogP contribution in [-0.4, -0.2) is 67.5 Å². The van der Waals surface area contributed by atoms with E-state index in [4.69, 9.17) is 9.47 Å². The van der Waals surface area contributed by atoms with Crippen molar-refractivity contribution in [3.05, 3.63) is 75.3 Å². The van der Waals surface area contributed by atoms with Crippen molar-refractivity contribution in [2.45, 2.75) is 65.3 Å². The summed E-state index contributed by atoms with van der Waals surface area (Å²) in [6.45, 7) is 10.2. The fourth-order valence-corrected chi connectivity index (χ4v) is 5.20. The Kier molecular flexibility index (Phi) is 7.47. The lowest BCUT2D eigenvalue weighted by atomic mass is 9.92. The van der Waals surface area contributed by atoms with Crippen molar-refractivity contribution in [1.29, 1.82) is 0 Å². The van der Waals surface area contributed by atoms with E-state index in [0.717, 1.165) is 16.8 Å². The van der Waals surface area contributed by atoms with Crippen LogP contribution in [0.25, 0.3) is 21.7 Å². The molecule has 13 heteroatoms. The number of carbonyl (C=O) groups is 3. The van der Waals surface area contributed by atoms with Crippen LogP contribution in [0.2, 0.25) is 0 Å². The first kappa shape index (κ1) is 30.6. The first-order chi connectivity index (χ1) is 20.4. The molecule has 0 spiro atoms. The molecule has 0 fully saturated rings. The van der Waals surface area contributed by atoms with E-state index in [2.05, 4.69) is 10.1 Å². The molecule has 0 saturated carbocycles. The monoisotopic (exact) mass is 609 g/mol. The van der Waals surface area contributed by atoms with Crippen molar-refractivity contribution >= 4 is 39.8 Å². The van der Waals surface area contributed by atoms with E-state index >= 15 is 0 Å². The largest absolute Gasteiger partial charge is 0.444 e. The first-order valence-electron chi connectivity index (χ1n) is 13.9. The lowest BCUT2D eigenvalue weighted by molar-refractivity contribution is 0.0142. The number of amides is 2. The van der Waals surface area contributed by atoms with Crippen molar-refractivity contribution in [3.8, 4) is 0 Å². The summed E-state index contributed by atoms with van der Waals surface area (Å²) in [6, 6.07) is 5.53. The van der Waals surface area contributed by atoms with Gasteiger partial charge in [-0.3, -0.25) is 14.5 Å². The Bertz CT molecular complexity index is 1880. The molecular formula is C31H33F2N5O6. The number of nitrogens with one attached hydrogen (secondary N) is 1. The molecule has 0 aliphatic carbocycles. The number of pyridine rings is 1. The van der Waals surface area contributed by atoms with Gasteiger partial charge in [0.1, 0.15) is 11.2 Å². The second-order valence-electron chi connectivity index (χ2n) is 12.8. The lowest BCUT2D eigenvalue weighted by Crippen LogP contribution is -2.47. The van der Waals surface area contributed by atoms with Crippen LogP contribution in [0.1, 0.15) is 69.2 Å². The molecule has 1 aliphatic rings. The fraction of sp³-hybridized carbons (Fsp3) is 0.387. The maximum Gasteiger partial charge on any atom is 0.435 e. The van der Waals surface area contributed by atoms with Crippen LogP contribution >= 0.6 is 0 Å². The Balaban J connectivity index is 1.56. The minimum Gasteiger partial charge on any atom is -0.444 e. The van der Waals surface area contributed by atoms with Crippen molar-refractivity contribution in [2.75, 3.05) is 13.6 Å². The molecule has 2 amide bonds. The van der Waals surface area contributed by atoms with E-state index in [1.807, 2.05) is 0 Å². The molecule has 3 heterocycles. The summed E-state index contributed by atoms with van der Waals surface area (Å²) in [7, 11) is 1.51. The summed E-state index contributed by atoms with van der Waals surface area (Å²) < 4.78 is 40.7. The zero-order valence-corrected chi connectivity index (χ0v) is 25.4. The van der Waals surface area contributed by atoms with Gasteiger partial charge in [0, 0.05) is 35.8 Å². The van der Waals surface area contributed by atoms with Crippen molar-refractivity contribution in [2.24, 2.45) is 0 Å². The number of ether oxygens (including phenoxy) is 2. The van der Waals surface area contributed by atoms with Gasteiger partial charge in [-0.25, -0.2) is 18.4 Å². The average Bonchev–Trinajstić information content (AvgIpc) is 3.34. The molecule has 4 aromatic rings. The minimum atomic E-state index is -1.18. The molecule has 1 aliphatic heterocycles. The molecule has 0 unspecified atom stereocenters. The number of aromatic amines is 1. The lowest BCUT2D eigenvalue weighted by Gasteiger charge is -2.39. The third-order valence-electron chi connectivity index (χ3n) is 7.08. The van der Waals surface area contributed by atoms with Crippen LogP contribution in [-0.2, 0) is 16.0 Å². The van der Waals surface area contributed by atoms with E-state index < -0.39 is 52.5 Å². The van der Waals surface area contributed by atoms with Crippen LogP contribution in [0.3, 0.4) is 0 Å². The summed E-state index contributed by atoms with van der Waals surface area (Å²) in [6.07, 6.45) is 0.0941. The van der Waals surface area contributed by atoms with Crippen molar-refractivity contribution in [1.82, 2.24) is 24.6 Å². The first-order valence-corrected chi connectivity index (χ1v) is 13.9. The zero-order valence-electron chi connectivity index (χ0n) is 25.4. The van der Waals surface area contributed by atoms with Crippen LogP contribution in [0.15, 0.2) is 41.3 Å². The number of benzene rings is 2. The number of rotatable bonds is 2. The van der Waals surface area contributed by atoms with E-state index in [0.29, 0.717) is 16.5 Å². The molecule has 11 nitrogen and oxygen atoms in total. The normalized spacial score (nSPS) is 15.3. The van der Waals surface area contributed by atoms with Gasteiger partial charge >= 0.3 is 12.2 Å². The number of halogens is 2. The van der Waals surface area contributed by atoms with Gasteiger partial charge in [-0.2, -0.15) is 9.78 Å². The highest BCUT2D eigenvalue weighted by Crippen LogP contribution is 2.36. The molecule has 44 heavy (non-hydrogen) atoms. The Morgan fingerprint density at radius 1 is 0.955 bits per heavy atom. The Morgan fingerprint density at radius 2 is 1.57 bits per heavy atom. The Morgan fingerprint density at radius 3 is 2.20 bits per heavy atom. The Labute approximate surface area is 251 Å². The van der Waals surface area contributed by atoms with Gasteiger partial charge in [0.25, 0.3) is 11.5 Å². The third-order valence-corrected chi connectivity index (χ3v) is 7.08. The Hall–Kier alpha value is -4.81. The maximum absolute atomic E-state index is 14.5. The number of hydrogen-bond donors (Lipinski definition) is 1. The molecule has 2 aromatic carbocycles. The molecule has 0 radical (unpaired) electrons. The molecule has 232 valence electrons. The summed E-state index contributed by atoms with van der Waals surface area (Å²) in [4.78, 5) is 58.0. The number of likely N-dealkylation sites (N-methyl/N-ethyl adjacent to an activating group) is 1. The number of fused-ring (bicyclic) bond motifs is 4. The maximum atomic E-state index is 14.5. The quantitative estimate of drug-likeness (QED) is 0.318. The highest BCUT2D eigenvalue weighted by molar-refractivity contribution is 5.99. The predicted molar refractivity (Wildman–Crippen MR) is 157 cm³/mol.